The third kappa shape index (κ3) is 3.40. The average Bonchev–Trinajstić information content (AvgIpc) is 3.00. The number of nitrogens with one attached hydrogen (secondary N) is 1. The number of rotatable bonds is 7. The maximum absolute atomic E-state index is 12.5. The second-order valence-corrected chi connectivity index (χ2v) is 6.08. The fourth-order valence-electron chi connectivity index (χ4n) is 3.05. The minimum absolute atomic E-state index is 0.208. The maximum atomic E-state index is 12.5. The van der Waals surface area contributed by atoms with Crippen molar-refractivity contribution in [2.75, 3.05) is 33.4 Å². The quantitative estimate of drug-likeness (QED) is 0.730. The molecular formula is C16H23N5O3. The lowest BCUT2D eigenvalue weighted by atomic mass is 9.91. The van der Waals surface area contributed by atoms with Crippen LogP contribution in [0.1, 0.15) is 18.4 Å². The van der Waals surface area contributed by atoms with Gasteiger partial charge in [0.25, 0.3) is 5.91 Å². The van der Waals surface area contributed by atoms with E-state index in [4.69, 9.17) is 4.74 Å². The Morgan fingerprint density at radius 2 is 2.38 bits per heavy atom. The fraction of sp³-hybridized carbons (Fsp3) is 0.562. The van der Waals surface area contributed by atoms with E-state index in [0.29, 0.717) is 32.7 Å². The number of aliphatic hydroxyl groups is 1. The van der Waals surface area contributed by atoms with Crippen LogP contribution in [0.4, 0.5) is 0 Å². The van der Waals surface area contributed by atoms with Crippen LogP contribution in [-0.4, -0.2) is 69.5 Å². The molecule has 0 saturated carbocycles. The van der Waals surface area contributed by atoms with Crippen molar-refractivity contribution in [2.24, 2.45) is 0 Å². The number of amides is 1. The lowest BCUT2D eigenvalue weighted by Gasteiger charge is -2.38. The SMILES string of the molecule is COCCN1CCC[C@@](O)(CNCc2cnn3cccnc23)C1=O. The zero-order valence-corrected chi connectivity index (χ0v) is 13.8. The summed E-state index contributed by atoms with van der Waals surface area (Å²) in [5, 5.41) is 18.1. The number of nitrogens with zero attached hydrogens (tertiary/aromatic N) is 4. The van der Waals surface area contributed by atoms with E-state index in [2.05, 4.69) is 15.4 Å². The van der Waals surface area contributed by atoms with Gasteiger partial charge in [-0.25, -0.2) is 9.50 Å². The Balaban J connectivity index is 1.59. The van der Waals surface area contributed by atoms with Gasteiger partial charge in [-0.05, 0) is 18.9 Å². The van der Waals surface area contributed by atoms with Crippen molar-refractivity contribution in [2.45, 2.75) is 25.0 Å². The Morgan fingerprint density at radius 3 is 3.21 bits per heavy atom. The zero-order valence-electron chi connectivity index (χ0n) is 13.8. The number of aromatic nitrogens is 3. The van der Waals surface area contributed by atoms with Gasteiger partial charge in [0.2, 0.25) is 0 Å². The first-order valence-corrected chi connectivity index (χ1v) is 8.13. The highest BCUT2D eigenvalue weighted by atomic mass is 16.5. The van der Waals surface area contributed by atoms with Crippen molar-refractivity contribution in [3.8, 4) is 0 Å². The first-order valence-electron chi connectivity index (χ1n) is 8.13. The molecule has 8 heteroatoms. The summed E-state index contributed by atoms with van der Waals surface area (Å²) in [7, 11) is 1.60. The summed E-state index contributed by atoms with van der Waals surface area (Å²) in [4.78, 5) is 18.5. The molecule has 24 heavy (non-hydrogen) atoms. The molecule has 0 spiro atoms. The molecule has 130 valence electrons. The Morgan fingerprint density at radius 1 is 1.50 bits per heavy atom. The molecular weight excluding hydrogens is 310 g/mol. The van der Waals surface area contributed by atoms with Gasteiger partial charge in [-0.1, -0.05) is 0 Å². The molecule has 0 radical (unpaired) electrons. The van der Waals surface area contributed by atoms with E-state index in [0.717, 1.165) is 17.6 Å². The van der Waals surface area contributed by atoms with Crippen LogP contribution >= 0.6 is 0 Å². The minimum atomic E-state index is -1.36. The highest BCUT2D eigenvalue weighted by molar-refractivity contribution is 5.86. The smallest absolute Gasteiger partial charge is 0.255 e. The Hall–Kier alpha value is -2.03. The van der Waals surface area contributed by atoms with E-state index in [-0.39, 0.29) is 12.5 Å². The monoisotopic (exact) mass is 333 g/mol. The summed E-state index contributed by atoms with van der Waals surface area (Å²) < 4.78 is 6.72. The molecule has 1 atom stereocenters. The van der Waals surface area contributed by atoms with Crippen LogP contribution in [-0.2, 0) is 16.1 Å². The summed E-state index contributed by atoms with van der Waals surface area (Å²) in [6.07, 6.45) is 6.54. The second-order valence-electron chi connectivity index (χ2n) is 6.08. The average molecular weight is 333 g/mol. The predicted molar refractivity (Wildman–Crippen MR) is 87.3 cm³/mol. The van der Waals surface area contributed by atoms with Crippen molar-refractivity contribution in [3.05, 3.63) is 30.2 Å². The van der Waals surface area contributed by atoms with Crippen molar-refractivity contribution in [1.82, 2.24) is 24.8 Å². The number of fused-ring (bicyclic) bond motifs is 1. The van der Waals surface area contributed by atoms with Gasteiger partial charge in [-0.2, -0.15) is 5.10 Å². The molecule has 1 saturated heterocycles. The van der Waals surface area contributed by atoms with Gasteiger partial charge in [0.05, 0.1) is 12.8 Å². The van der Waals surface area contributed by atoms with Crippen LogP contribution in [0.25, 0.3) is 5.65 Å². The standard InChI is InChI=1S/C16H23N5O3/c1-24-9-8-20-6-2-4-16(23,15(20)22)12-17-10-13-11-19-21-7-3-5-18-14(13)21/h3,5,7,11,17,23H,2,4,6,8-10,12H2,1H3/t16-/m1/s1. The van der Waals surface area contributed by atoms with Crippen LogP contribution in [0, 0.1) is 0 Å². The van der Waals surface area contributed by atoms with Crippen LogP contribution in [0.5, 0.6) is 0 Å². The maximum Gasteiger partial charge on any atom is 0.255 e. The highest BCUT2D eigenvalue weighted by Gasteiger charge is 2.41. The number of hydrogen-bond acceptors (Lipinski definition) is 6. The van der Waals surface area contributed by atoms with Crippen molar-refractivity contribution >= 4 is 11.6 Å². The predicted octanol–water partition coefficient (Wildman–Crippen LogP) is -0.181. The molecule has 0 aromatic carbocycles. The van der Waals surface area contributed by atoms with Gasteiger partial charge in [-0.3, -0.25) is 4.79 Å². The summed E-state index contributed by atoms with van der Waals surface area (Å²) in [6.45, 7) is 2.36. The topological polar surface area (TPSA) is 92.0 Å². The van der Waals surface area contributed by atoms with E-state index in [1.54, 1.807) is 28.9 Å². The fourth-order valence-corrected chi connectivity index (χ4v) is 3.05. The molecule has 2 aromatic heterocycles. The number of likely N-dealkylation sites (tertiary alicyclic amines) is 1. The van der Waals surface area contributed by atoms with Crippen LogP contribution in [0.2, 0.25) is 0 Å². The third-order valence-corrected chi connectivity index (χ3v) is 4.35. The highest BCUT2D eigenvalue weighted by Crippen LogP contribution is 2.22. The number of ether oxygens (including phenoxy) is 1. The van der Waals surface area contributed by atoms with Crippen LogP contribution in [0.3, 0.4) is 0 Å². The Labute approximate surface area is 140 Å². The molecule has 0 unspecified atom stereocenters. The Kier molecular flexibility index (Phi) is 5.08. The van der Waals surface area contributed by atoms with Gasteiger partial charge < -0.3 is 20.1 Å². The van der Waals surface area contributed by atoms with E-state index < -0.39 is 5.60 Å². The number of carbonyl (C=O) groups excluding carboxylic acids is 1. The van der Waals surface area contributed by atoms with E-state index >= 15 is 0 Å². The largest absolute Gasteiger partial charge is 0.383 e. The van der Waals surface area contributed by atoms with Gasteiger partial charge in [0.1, 0.15) is 0 Å². The molecule has 1 aliphatic rings. The molecule has 1 fully saturated rings. The summed E-state index contributed by atoms with van der Waals surface area (Å²) >= 11 is 0. The van der Waals surface area contributed by atoms with Crippen LogP contribution < -0.4 is 5.32 Å². The molecule has 0 bridgehead atoms. The summed E-state index contributed by atoms with van der Waals surface area (Å²) in [5.74, 6) is -0.226. The van der Waals surface area contributed by atoms with Gasteiger partial charge in [0, 0.05) is 51.2 Å². The lowest BCUT2D eigenvalue weighted by molar-refractivity contribution is -0.157. The molecule has 3 rings (SSSR count). The van der Waals surface area contributed by atoms with E-state index in [1.807, 2.05) is 12.3 Å². The molecule has 1 amide bonds. The molecule has 8 nitrogen and oxygen atoms in total. The molecule has 0 aliphatic carbocycles. The number of hydrogen-bond donors (Lipinski definition) is 2. The zero-order chi connectivity index (χ0) is 17.0. The summed E-state index contributed by atoms with van der Waals surface area (Å²) in [5.41, 5.74) is 0.343. The minimum Gasteiger partial charge on any atom is -0.383 e. The van der Waals surface area contributed by atoms with Crippen molar-refractivity contribution in [1.29, 1.82) is 0 Å². The first-order chi connectivity index (χ1) is 11.6. The molecule has 2 aromatic rings. The molecule has 3 heterocycles. The lowest BCUT2D eigenvalue weighted by Crippen LogP contribution is -2.58. The summed E-state index contributed by atoms with van der Waals surface area (Å²) in [6, 6.07) is 1.81. The molecule has 2 N–H and O–H groups in total. The number of piperidine rings is 1. The van der Waals surface area contributed by atoms with Gasteiger partial charge in [0.15, 0.2) is 11.2 Å². The van der Waals surface area contributed by atoms with Crippen molar-refractivity contribution in [3.63, 3.8) is 0 Å². The normalized spacial score (nSPS) is 21.6. The first kappa shape index (κ1) is 16.8. The second kappa shape index (κ2) is 7.25. The third-order valence-electron chi connectivity index (χ3n) is 4.35. The van der Waals surface area contributed by atoms with Crippen molar-refractivity contribution < 1.29 is 14.6 Å². The van der Waals surface area contributed by atoms with Crippen LogP contribution in [0.15, 0.2) is 24.7 Å². The number of carbonyl (C=O) groups is 1. The van der Waals surface area contributed by atoms with Gasteiger partial charge in [-0.15, -0.1) is 0 Å². The van der Waals surface area contributed by atoms with Gasteiger partial charge >= 0.3 is 0 Å². The molecule has 1 aliphatic heterocycles. The van der Waals surface area contributed by atoms with E-state index in [9.17, 15) is 9.90 Å². The number of methoxy groups -OCH3 is 1. The Bertz CT molecular complexity index is 704. The van der Waals surface area contributed by atoms with E-state index in [1.165, 1.54) is 0 Å².